The van der Waals surface area contributed by atoms with Gasteiger partial charge in [-0.15, -0.1) is 0 Å². The topological polar surface area (TPSA) is 122 Å². The highest BCUT2D eigenvalue weighted by Gasteiger charge is 2.41. The summed E-state index contributed by atoms with van der Waals surface area (Å²) in [6.07, 6.45) is 3.43. The summed E-state index contributed by atoms with van der Waals surface area (Å²) < 4.78 is 34.2. The Labute approximate surface area is 186 Å². The van der Waals surface area contributed by atoms with Crippen LogP contribution >= 0.6 is 0 Å². The minimum Gasteiger partial charge on any atom is -0.490 e. The van der Waals surface area contributed by atoms with Gasteiger partial charge in [0.1, 0.15) is 22.4 Å². The molecule has 4 rings (SSSR count). The highest BCUT2D eigenvalue weighted by Crippen LogP contribution is 2.38. The number of hydrogen-bond acceptors (Lipinski definition) is 7. The predicted molar refractivity (Wildman–Crippen MR) is 114 cm³/mol. The third kappa shape index (κ3) is 4.82. The number of hydrogen-bond donors (Lipinski definition) is 1. The fraction of sp³-hybridized carbons (Fsp3) is 0.571. The summed E-state index contributed by atoms with van der Waals surface area (Å²) >= 11 is 0. The van der Waals surface area contributed by atoms with Crippen LogP contribution in [-0.2, 0) is 19.4 Å². The maximum atomic E-state index is 13.0. The molecule has 2 fully saturated rings. The van der Waals surface area contributed by atoms with Gasteiger partial charge in [0.25, 0.3) is 5.91 Å². The van der Waals surface area contributed by atoms with E-state index in [2.05, 4.69) is 5.32 Å². The van der Waals surface area contributed by atoms with Crippen LogP contribution in [0.5, 0.6) is 11.5 Å². The van der Waals surface area contributed by atoms with Crippen LogP contribution < -0.4 is 14.8 Å². The largest absolute Gasteiger partial charge is 0.490 e. The van der Waals surface area contributed by atoms with Gasteiger partial charge < -0.3 is 19.7 Å². The van der Waals surface area contributed by atoms with E-state index in [1.54, 1.807) is 4.90 Å². The van der Waals surface area contributed by atoms with Crippen LogP contribution in [0.15, 0.2) is 18.2 Å². The molecule has 0 bridgehead atoms. The van der Waals surface area contributed by atoms with Gasteiger partial charge in [-0.05, 0) is 37.0 Å². The number of carbonyl (C=O) groups excluding carboxylic acids is 3. The van der Waals surface area contributed by atoms with E-state index >= 15 is 0 Å². The van der Waals surface area contributed by atoms with Crippen LogP contribution in [0.3, 0.4) is 0 Å². The van der Waals surface area contributed by atoms with E-state index in [-0.39, 0.29) is 30.7 Å². The van der Waals surface area contributed by atoms with E-state index in [9.17, 15) is 22.8 Å². The molecular weight excluding hydrogens is 438 g/mol. The molecular formula is C21H27N3O7S. The first-order valence-corrected chi connectivity index (χ1v) is 12.8. The molecule has 32 heavy (non-hydrogen) atoms. The Morgan fingerprint density at radius 2 is 1.91 bits per heavy atom. The summed E-state index contributed by atoms with van der Waals surface area (Å²) in [7, 11) is -3.27. The molecule has 3 heterocycles. The van der Waals surface area contributed by atoms with Gasteiger partial charge in [-0.2, -0.15) is 0 Å². The summed E-state index contributed by atoms with van der Waals surface area (Å²) in [5.41, 5.74) is 0.920. The fourth-order valence-corrected chi connectivity index (χ4v) is 4.94. The van der Waals surface area contributed by atoms with Crippen LogP contribution in [0.1, 0.15) is 37.3 Å². The van der Waals surface area contributed by atoms with E-state index in [4.69, 9.17) is 9.47 Å². The Bertz CT molecular complexity index is 1030. The summed E-state index contributed by atoms with van der Waals surface area (Å²) in [5, 5.41) is 2.48. The standard InChI is InChI=1S/C21H27N3O7S/c1-32(28,29)11-7-15-20(26)24(21(27)22-15)13-19(25)23-8-2-4-16(23)14-5-6-17-18(12-14)31-10-3-9-30-17/h5-6,12,15-16H,2-4,7-11,13H2,1H3,(H,22,27)/t15-,16-/m1/s1. The normalized spacial score (nSPS) is 23.3. The van der Waals surface area contributed by atoms with E-state index < -0.39 is 27.8 Å². The van der Waals surface area contributed by atoms with Crippen LogP contribution in [0.2, 0.25) is 0 Å². The lowest BCUT2D eigenvalue weighted by Crippen LogP contribution is -2.43. The van der Waals surface area contributed by atoms with Crippen LogP contribution in [0, 0.1) is 0 Å². The Morgan fingerprint density at radius 3 is 2.66 bits per heavy atom. The van der Waals surface area contributed by atoms with Crippen molar-refractivity contribution < 1.29 is 32.3 Å². The lowest BCUT2D eigenvalue weighted by molar-refractivity contribution is -0.138. The summed E-state index contributed by atoms with van der Waals surface area (Å²) in [4.78, 5) is 40.4. The van der Waals surface area contributed by atoms with Gasteiger partial charge in [0.2, 0.25) is 5.91 Å². The lowest BCUT2D eigenvalue weighted by Gasteiger charge is -2.27. The second kappa shape index (κ2) is 8.97. The first-order valence-electron chi connectivity index (χ1n) is 10.7. The molecule has 0 aromatic heterocycles. The van der Waals surface area contributed by atoms with Gasteiger partial charge in [-0.1, -0.05) is 6.07 Å². The first-order chi connectivity index (χ1) is 15.2. The number of imide groups is 1. The van der Waals surface area contributed by atoms with Gasteiger partial charge in [0, 0.05) is 19.2 Å². The average Bonchev–Trinajstić information content (AvgIpc) is 3.24. The zero-order valence-electron chi connectivity index (χ0n) is 17.9. The quantitative estimate of drug-likeness (QED) is 0.619. The maximum absolute atomic E-state index is 13.0. The molecule has 2 saturated heterocycles. The third-order valence-corrected chi connectivity index (χ3v) is 6.88. The van der Waals surface area contributed by atoms with Crippen molar-refractivity contribution in [2.75, 3.05) is 38.3 Å². The van der Waals surface area contributed by atoms with E-state index in [0.717, 1.165) is 36.0 Å². The molecule has 1 N–H and O–H groups in total. The number of fused-ring (bicyclic) bond motifs is 1. The number of amides is 4. The van der Waals surface area contributed by atoms with Gasteiger partial charge in [0.15, 0.2) is 11.5 Å². The molecule has 4 amide bonds. The minimum atomic E-state index is -3.27. The lowest BCUT2D eigenvalue weighted by atomic mass is 10.0. The van der Waals surface area contributed by atoms with Crippen molar-refractivity contribution in [2.24, 2.45) is 0 Å². The Balaban J connectivity index is 1.43. The van der Waals surface area contributed by atoms with Crippen LogP contribution in [0.4, 0.5) is 4.79 Å². The monoisotopic (exact) mass is 465 g/mol. The number of nitrogens with one attached hydrogen (secondary N) is 1. The number of likely N-dealkylation sites (tertiary alicyclic amines) is 1. The highest BCUT2D eigenvalue weighted by atomic mass is 32.2. The number of benzene rings is 1. The van der Waals surface area contributed by atoms with E-state index in [0.29, 0.717) is 31.3 Å². The minimum absolute atomic E-state index is 0.0162. The highest BCUT2D eigenvalue weighted by molar-refractivity contribution is 7.90. The number of ether oxygens (including phenoxy) is 2. The first kappa shape index (κ1) is 22.4. The van der Waals surface area contributed by atoms with Crippen molar-refractivity contribution >= 4 is 27.7 Å². The SMILES string of the molecule is CS(=O)(=O)CC[C@H]1NC(=O)N(CC(=O)N2CCC[C@@H]2c2ccc3c(c2)OCCCO3)C1=O. The van der Waals surface area contributed by atoms with Crippen molar-refractivity contribution in [3.63, 3.8) is 0 Å². The number of urea groups is 1. The molecule has 0 radical (unpaired) electrons. The van der Waals surface area contributed by atoms with Crippen molar-refractivity contribution in [3.05, 3.63) is 23.8 Å². The Kier molecular flexibility index (Phi) is 6.27. The van der Waals surface area contributed by atoms with Crippen molar-refractivity contribution in [3.8, 4) is 11.5 Å². The number of nitrogens with zero attached hydrogens (tertiary/aromatic N) is 2. The van der Waals surface area contributed by atoms with E-state index in [1.165, 1.54) is 0 Å². The summed E-state index contributed by atoms with van der Waals surface area (Å²) in [6.45, 7) is 1.31. The van der Waals surface area contributed by atoms with Crippen LogP contribution in [-0.4, -0.2) is 80.4 Å². The van der Waals surface area contributed by atoms with Crippen molar-refractivity contribution in [1.82, 2.24) is 15.1 Å². The average molecular weight is 466 g/mol. The number of rotatable bonds is 6. The molecule has 3 aliphatic heterocycles. The molecule has 0 aliphatic carbocycles. The maximum Gasteiger partial charge on any atom is 0.325 e. The molecule has 0 unspecified atom stereocenters. The molecule has 1 aromatic rings. The van der Waals surface area contributed by atoms with Gasteiger partial charge >= 0.3 is 6.03 Å². The molecule has 3 aliphatic rings. The number of carbonyl (C=O) groups is 3. The molecule has 2 atom stereocenters. The molecule has 0 saturated carbocycles. The third-order valence-electron chi connectivity index (χ3n) is 5.91. The second-order valence-electron chi connectivity index (χ2n) is 8.35. The van der Waals surface area contributed by atoms with Crippen molar-refractivity contribution in [2.45, 2.75) is 37.8 Å². The molecule has 10 nitrogen and oxygen atoms in total. The Morgan fingerprint density at radius 1 is 1.16 bits per heavy atom. The smallest absolute Gasteiger partial charge is 0.325 e. The van der Waals surface area contributed by atoms with Crippen molar-refractivity contribution in [1.29, 1.82) is 0 Å². The second-order valence-corrected chi connectivity index (χ2v) is 10.6. The molecule has 174 valence electrons. The zero-order chi connectivity index (χ0) is 22.9. The Hall–Kier alpha value is -2.82. The van der Waals surface area contributed by atoms with Crippen LogP contribution in [0.25, 0.3) is 0 Å². The molecule has 0 spiro atoms. The summed E-state index contributed by atoms with van der Waals surface area (Å²) in [6, 6.07) is 3.88. The van der Waals surface area contributed by atoms with Gasteiger partial charge in [-0.25, -0.2) is 13.2 Å². The number of sulfone groups is 1. The zero-order valence-corrected chi connectivity index (χ0v) is 18.7. The fourth-order valence-electron chi connectivity index (χ4n) is 4.28. The van der Waals surface area contributed by atoms with E-state index in [1.807, 2.05) is 18.2 Å². The predicted octanol–water partition coefficient (Wildman–Crippen LogP) is 0.866. The summed E-state index contributed by atoms with van der Waals surface area (Å²) in [5.74, 6) is 0.220. The van der Waals surface area contributed by atoms with Gasteiger partial charge in [0.05, 0.1) is 25.0 Å². The van der Waals surface area contributed by atoms with Gasteiger partial charge in [-0.3, -0.25) is 14.5 Å². The molecule has 11 heteroatoms. The molecule has 1 aromatic carbocycles.